The molecule has 0 N–H and O–H groups in total. The number of benzene rings is 1. The van der Waals surface area contributed by atoms with Gasteiger partial charge in [0, 0.05) is 11.1 Å². The Morgan fingerprint density at radius 2 is 2.13 bits per heavy atom. The fourth-order valence-electron chi connectivity index (χ4n) is 1.84. The van der Waals surface area contributed by atoms with Crippen LogP contribution in [0.4, 0.5) is 0 Å². The predicted molar refractivity (Wildman–Crippen MR) is 66.9 cm³/mol. The van der Waals surface area contributed by atoms with Gasteiger partial charge in [0.05, 0.1) is 9.52 Å². The Balaban J connectivity index is 2.29. The zero-order valence-corrected chi connectivity index (χ0v) is 10.2. The summed E-state index contributed by atoms with van der Waals surface area (Å²) < 4.78 is 0. The summed E-state index contributed by atoms with van der Waals surface area (Å²) in [5.41, 5.74) is 4.30. The van der Waals surface area contributed by atoms with Gasteiger partial charge in [-0.25, -0.2) is 0 Å². The zero-order chi connectivity index (χ0) is 10.7. The van der Waals surface area contributed by atoms with Crippen LogP contribution in [-0.4, -0.2) is 15.3 Å². The van der Waals surface area contributed by atoms with E-state index >= 15 is 0 Å². The fourth-order valence-corrected chi connectivity index (χ4v) is 3.13. The van der Waals surface area contributed by atoms with E-state index in [1.807, 2.05) is 37.3 Å². The molecule has 1 aliphatic carbocycles. The van der Waals surface area contributed by atoms with Crippen molar-refractivity contribution >= 4 is 21.4 Å². The molecule has 2 rings (SSSR count). The van der Waals surface area contributed by atoms with Gasteiger partial charge in [-0.05, 0) is 12.5 Å². The van der Waals surface area contributed by atoms with E-state index in [4.69, 9.17) is 0 Å². The van der Waals surface area contributed by atoms with E-state index in [9.17, 15) is 4.79 Å². The van der Waals surface area contributed by atoms with Gasteiger partial charge in [0.15, 0.2) is 5.78 Å². The summed E-state index contributed by atoms with van der Waals surface area (Å²) >= 11 is 0. The van der Waals surface area contributed by atoms with E-state index in [2.05, 4.69) is 17.9 Å². The van der Waals surface area contributed by atoms with Crippen LogP contribution >= 0.6 is 0 Å². The Kier molecular flexibility index (Phi) is 2.97. The molecule has 0 saturated carbocycles. The van der Waals surface area contributed by atoms with Crippen molar-refractivity contribution in [2.45, 2.75) is 12.5 Å². The number of ketones is 1. The van der Waals surface area contributed by atoms with Gasteiger partial charge in [0.2, 0.25) is 0 Å². The van der Waals surface area contributed by atoms with Crippen LogP contribution in [0, 0.1) is 0 Å². The lowest BCUT2D eigenvalue weighted by Gasteiger charge is -2.16. The van der Waals surface area contributed by atoms with Crippen molar-refractivity contribution in [2.24, 2.45) is 0 Å². The molecule has 0 saturated heterocycles. The highest BCUT2D eigenvalue weighted by Crippen LogP contribution is 2.25. The summed E-state index contributed by atoms with van der Waals surface area (Å²) in [7, 11) is -0.438. The Morgan fingerprint density at radius 1 is 1.33 bits per heavy atom. The molecule has 1 aromatic carbocycles. The van der Waals surface area contributed by atoms with E-state index in [1.54, 1.807) is 0 Å². The molecule has 15 heavy (non-hydrogen) atoms. The Morgan fingerprint density at radius 3 is 2.93 bits per heavy atom. The number of Topliss-reactive ketones (excluding diaryl/α,β-unsaturated/α-hetero) is 1. The van der Waals surface area contributed by atoms with Crippen molar-refractivity contribution in [3.8, 4) is 0 Å². The first kappa shape index (κ1) is 10.1. The molecule has 1 aromatic rings. The first-order valence-electron chi connectivity index (χ1n) is 5.25. The van der Waals surface area contributed by atoms with Gasteiger partial charge in [-0.3, -0.25) is 4.79 Å². The molecule has 0 fully saturated rings. The first-order chi connectivity index (χ1) is 7.33. The maximum atomic E-state index is 12.1. The van der Waals surface area contributed by atoms with E-state index in [0.717, 1.165) is 11.1 Å². The molecule has 0 spiro atoms. The smallest absolute Gasteiger partial charge is 0.167 e. The summed E-state index contributed by atoms with van der Waals surface area (Å²) in [5, 5.41) is 0. The molecule has 0 aliphatic heterocycles. The monoisotopic (exact) mass is 214 g/mol. The number of carbonyl (C=O) groups is 1. The zero-order valence-electron chi connectivity index (χ0n) is 8.81. The second-order valence-electron chi connectivity index (χ2n) is 3.72. The second kappa shape index (κ2) is 4.40. The molecule has 0 heterocycles. The fraction of sp³-hybridized carbons (Fsp3) is 0.154. The van der Waals surface area contributed by atoms with E-state index in [0.29, 0.717) is 5.78 Å². The summed E-state index contributed by atoms with van der Waals surface area (Å²) in [6.45, 7) is 2.01. The number of carbonyl (C=O) groups excluding carboxylic acids is 1. The molecule has 0 radical (unpaired) electrons. The topological polar surface area (TPSA) is 17.1 Å². The van der Waals surface area contributed by atoms with Gasteiger partial charge in [0.25, 0.3) is 0 Å². The van der Waals surface area contributed by atoms with E-state index in [-0.39, 0.29) is 5.54 Å². The molecule has 0 bridgehead atoms. The average Bonchev–Trinajstić information content (AvgIpc) is 2.29. The summed E-state index contributed by atoms with van der Waals surface area (Å²) in [6.07, 6.45) is 6.20. The summed E-state index contributed by atoms with van der Waals surface area (Å²) in [6, 6.07) is 7.83. The van der Waals surface area contributed by atoms with Crippen LogP contribution in [0.3, 0.4) is 0 Å². The molecule has 1 atom stereocenters. The highest BCUT2D eigenvalue weighted by molar-refractivity contribution is 6.52. The van der Waals surface area contributed by atoms with Crippen LogP contribution < -0.4 is 0 Å². The molecule has 0 amide bonds. The van der Waals surface area contributed by atoms with Gasteiger partial charge < -0.3 is 0 Å². The van der Waals surface area contributed by atoms with Gasteiger partial charge in [0.1, 0.15) is 0 Å². The van der Waals surface area contributed by atoms with Crippen LogP contribution in [-0.2, 0) is 0 Å². The van der Waals surface area contributed by atoms with Crippen molar-refractivity contribution in [2.75, 3.05) is 0 Å². The molecule has 0 aromatic heterocycles. The predicted octanol–water partition coefficient (Wildman–Crippen LogP) is 2.39. The lowest BCUT2D eigenvalue weighted by atomic mass is 9.96. The van der Waals surface area contributed by atoms with E-state index in [1.165, 1.54) is 0 Å². The molecule has 1 aliphatic rings. The minimum atomic E-state index is -0.438. The second-order valence-corrected chi connectivity index (χ2v) is 5.54. The third-order valence-electron chi connectivity index (χ3n) is 2.70. The molecular formula is C13H14OSi. The molecule has 76 valence electrons. The van der Waals surface area contributed by atoms with Crippen LogP contribution in [0.5, 0.6) is 0 Å². The lowest BCUT2D eigenvalue weighted by molar-refractivity contribution is 0.0994. The van der Waals surface area contributed by atoms with Crippen LogP contribution in [0.15, 0.2) is 42.1 Å². The highest BCUT2D eigenvalue weighted by Gasteiger charge is 2.21. The van der Waals surface area contributed by atoms with Crippen molar-refractivity contribution in [1.29, 1.82) is 0 Å². The minimum absolute atomic E-state index is 0.163. The summed E-state index contributed by atoms with van der Waals surface area (Å²) in [5.74, 6) is 0.304. The molecule has 1 unspecified atom stereocenters. The normalized spacial score (nSPS) is 20.3. The van der Waals surface area contributed by atoms with Gasteiger partial charge >= 0.3 is 0 Å². The Bertz CT molecular complexity index is 432. The van der Waals surface area contributed by atoms with Crippen molar-refractivity contribution in [3.63, 3.8) is 0 Å². The number of hydrogen-bond donors (Lipinski definition) is 0. The number of allylic oxidation sites excluding steroid dienone is 2. The van der Waals surface area contributed by atoms with Gasteiger partial charge in [-0.2, -0.15) is 0 Å². The molecular weight excluding hydrogens is 200 g/mol. The largest absolute Gasteiger partial charge is 0.294 e. The standard InChI is InChI=1S/C13H14OSi/c1-2-9-15-12-8-7-10-5-3-4-6-11(10)13(12)14/h2-9,12H,15H2,1H3. The van der Waals surface area contributed by atoms with Crippen molar-refractivity contribution in [3.05, 3.63) is 53.2 Å². The van der Waals surface area contributed by atoms with Crippen LogP contribution in [0.2, 0.25) is 5.54 Å². The van der Waals surface area contributed by atoms with Crippen LogP contribution in [0.1, 0.15) is 22.8 Å². The minimum Gasteiger partial charge on any atom is -0.294 e. The third-order valence-corrected chi connectivity index (χ3v) is 4.59. The highest BCUT2D eigenvalue weighted by atomic mass is 28.2. The van der Waals surface area contributed by atoms with Gasteiger partial charge in [-0.1, -0.05) is 42.5 Å². The number of rotatable bonds is 2. The quantitative estimate of drug-likeness (QED) is 0.691. The summed E-state index contributed by atoms with van der Waals surface area (Å²) in [4.78, 5) is 12.1. The maximum Gasteiger partial charge on any atom is 0.167 e. The number of hydrogen-bond acceptors (Lipinski definition) is 1. The van der Waals surface area contributed by atoms with E-state index < -0.39 is 9.52 Å². The van der Waals surface area contributed by atoms with Crippen LogP contribution in [0.25, 0.3) is 6.08 Å². The average molecular weight is 214 g/mol. The van der Waals surface area contributed by atoms with Crippen molar-refractivity contribution < 1.29 is 4.79 Å². The number of fused-ring (bicyclic) bond motifs is 1. The Labute approximate surface area is 92.3 Å². The molecule has 1 nitrogen and oxygen atoms in total. The molecule has 2 heteroatoms. The first-order valence-corrected chi connectivity index (χ1v) is 6.89. The Hall–Kier alpha value is -1.41. The van der Waals surface area contributed by atoms with Gasteiger partial charge in [-0.15, -0.1) is 5.70 Å². The SMILES string of the molecule is CC=C[SiH2]C1C=Cc2ccccc2C1=O. The maximum absolute atomic E-state index is 12.1. The van der Waals surface area contributed by atoms with Crippen molar-refractivity contribution in [1.82, 2.24) is 0 Å². The lowest BCUT2D eigenvalue weighted by Crippen LogP contribution is -2.16. The third kappa shape index (κ3) is 2.00.